The number of nitrogens with zero attached hydrogens (tertiary/aromatic N) is 4. The minimum atomic E-state index is 0.260. The molecule has 0 radical (unpaired) electrons. The van der Waals surface area contributed by atoms with Gasteiger partial charge in [0.15, 0.2) is 5.82 Å². The predicted octanol–water partition coefficient (Wildman–Crippen LogP) is 3.18. The largest absolute Gasteiger partial charge is 0.466 e. The molecule has 1 saturated heterocycles. The zero-order valence-corrected chi connectivity index (χ0v) is 14.7. The van der Waals surface area contributed by atoms with Gasteiger partial charge in [-0.1, -0.05) is 0 Å². The number of rotatable bonds is 5. The van der Waals surface area contributed by atoms with Gasteiger partial charge in [0.1, 0.15) is 11.5 Å². The summed E-state index contributed by atoms with van der Waals surface area (Å²) in [6.07, 6.45) is 1.57. The first-order chi connectivity index (χ1) is 11.0. The highest BCUT2D eigenvalue weighted by Gasteiger charge is 2.28. The van der Waals surface area contributed by atoms with Crippen LogP contribution in [0.2, 0.25) is 0 Å². The minimum absolute atomic E-state index is 0.260. The fourth-order valence-electron chi connectivity index (χ4n) is 3.28. The fourth-order valence-corrected chi connectivity index (χ4v) is 3.28. The normalized spacial score (nSPS) is 18.3. The average molecular weight is 318 g/mol. The van der Waals surface area contributed by atoms with Crippen molar-refractivity contribution in [3.8, 4) is 11.4 Å². The van der Waals surface area contributed by atoms with Crippen molar-refractivity contribution < 1.29 is 9.15 Å². The molecule has 23 heavy (non-hydrogen) atoms. The summed E-state index contributed by atoms with van der Waals surface area (Å²) >= 11 is 0. The molecule has 6 heteroatoms. The standard InChI is InChI=1S/C17H26N4O2/c1-6-21-16(15-9-12(4)23-13(15)5)18-19-17(21)20-8-7-14(10-20)22-11(2)3/h9,11,14H,6-8,10H2,1-5H3/t14-/m1/s1. The Labute approximate surface area is 137 Å². The minimum Gasteiger partial charge on any atom is -0.466 e. The SMILES string of the molecule is CCn1c(-c2cc(C)oc2C)nnc1N1CC[C@@H](OC(C)C)C1. The fraction of sp³-hybridized carbons (Fsp3) is 0.647. The van der Waals surface area contributed by atoms with Gasteiger partial charge in [-0.3, -0.25) is 4.57 Å². The second-order valence-corrected chi connectivity index (χ2v) is 6.44. The molecular formula is C17H26N4O2. The van der Waals surface area contributed by atoms with Crippen molar-refractivity contribution in [1.82, 2.24) is 14.8 Å². The van der Waals surface area contributed by atoms with Crippen LogP contribution < -0.4 is 4.90 Å². The number of aromatic nitrogens is 3. The Bertz CT molecular complexity index is 674. The van der Waals surface area contributed by atoms with Crippen LogP contribution in [0, 0.1) is 13.8 Å². The predicted molar refractivity (Wildman–Crippen MR) is 89.7 cm³/mol. The monoisotopic (exact) mass is 318 g/mol. The third-order valence-corrected chi connectivity index (χ3v) is 4.22. The Morgan fingerprint density at radius 1 is 1.35 bits per heavy atom. The number of furan rings is 1. The van der Waals surface area contributed by atoms with Crippen LogP contribution in [0.5, 0.6) is 0 Å². The topological polar surface area (TPSA) is 56.3 Å². The van der Waals surface area contributed by atoms with Crippen molar-refractivity contribution in [3.63, 3.8) is 0 Å². The molecule has 6 nitrogen and oxygen atoms in total. The van der Waals surface area contributed by atoms with Crippen molar-refractivity contribution in [2.45, 2.75) is 59.8 Å². The number of ether oxygens (including phenoxy) is 1. The molecule has 0 aliphatic carbocycles. The van der Waals surface area contributed by atoms with E-state index in [9.17, 15) is 0 Å². The highest BCUT2D eigenvalue weighted by Crippen LogP contribution is 2.29. The first-order valence-electron chi connectivity index (χ1n) is 8.40. The molecule has 0 saturated carbocycles. The van der Waals surface area contributed by atoms with Crippen molar-refractivity contribution >= 4 is 5.95 Å². The molecule has 0 aromatic carbocycles. The third kappa shape index (κ3) is 3.13. The van der Waals surface area contributed by atoms with Crippen molar-refractivity contribution in [2.75, 3.05) is 18.0 Å². The van der Waals surface area contributed by atoms with E-state index in [1.807, 2.05) is 19.9 Å². The van der Waals surface area contributed by atoms with Gasteiger partial charge in [0.05, 0.1) is 17.8 Å². The summed E-state index contributed by atoms with van der Waals surface area (Å²) in [5, 5.41) is 8.88. The lowest BCUT2D eigenvalue weighted by molar-refractivity contribution is 0.0210. The zero-order valence-electron chi connectivity index (χ0n) is 14.7. The van der Waals surface area contributed by atoms with E-state index in [2.05, 4.69) is 40.4 Å². The van der Waals surface area contributed by atoms with Crippen LogP contribution in [0.4, 0.5) is 5.95 Å². The molecule has 1 aliphatic heterocycles. The summed E-state index contributed by atoms with van der Waals surface area (Å²) in [6, 6.07) is 2.03. The van der Waals surface area contributed by atoms with E-state index in [0.717, 1.165) is 54.9 Å². The van der Waals surface area contributed by atoms with Crippen LogP contribution in [-0.2, 0) is 11.3 Å². The first kappa shape index (κ1) is 16.1. The van der Waals surface area contributed by atoms with Gasteiger partial charge in [0, 0.05) is 19.6 Å². The quantitative estimate of drug-likeness (QED) is 0.847. The molecule has 2 aromatic heterocycles. The van der Waals surface area contributed by atoms with E-state index in [1.54, 1.807) is 0 Å². The highest BCUT2D eigenvalue weighted by atomic mass is 16.5. The van der Waals surface area contributed by atoms with E-state index < -0.39 is 0 Å². The summed E-state index contributed by atoms with van der Waals surface area (Å²) in [6.45, 7) is 12.9. The molecule has 3 rings (SSSR count). The van der Waals surface area contributed by atoms with E-state index >= 15 is 0 Å². The van der Waals surface area contributed by atoms with Crippen LogP contribution in [0.15, 0.2) is 10.5 Å². The summed E-state index contributed by atoms with van der Waals surface area (Å²) in [5.41, 5.74) is 1.03. The van der Waals surface area contributed by atoms with Gasteiger partial charge in [-0.15, -0.1) is 10.2 Å². The van der Waals surface area contributed by atoms with E-state index in [0.29, 0.717) is 0 Å². The lowest BCUT2D eigenvalue weighted by Gasteiger charge is -2.19. The Morgan fingerprint density at radius 2 is 2.13 bits per heavy atom. The van der Waals surface area contributed by atoms with Gasteiger partial charge in [-0.2, -0.15) is 0 Å². The van der Waals surface area contributed by atoms with Crippen LogP contribution in [0.25, 0.3) is 11.4 Å². The van der Waals surface area contributed by atoms with E-state index in [1.165, 1.54) is 0 Å². The summed E-state index contributed by atoms with van der Waals surface area (Å²) in [5.74, 6) is 3.59. The second-order valence-electron chi connectivity index (χ2n) is 6.44. The number of hydrogen-bond donors (Lipinski definition) is 0. The number of aryl methyl sites for hydroxylation is 2. The Morgan fingerprint density at radius 3 is 2.74 bits per heavy atom. The van der Waals surface area contributed by atoms with Gasteiger partial charge in [0.25, 0.3) is 0 Å². The molecule has 2 aromatic rings. The van der Waals surface area contributed by atoms with Gasteiger partial charge in [-0.25, -0.2) is 0 Å². The number of hydrogen-bond acceptors (Lipinski definition) is 5. The van der Waals surface area contributed by atoms with Crippen LogP contribution >= 0.6 is 0 Å². The maximum absolute atomic E-state index is 5.94. The summed E-state index contributed by atoms with van der Waals surface area (Å²) in [7, 11) is 0. The van der Waals surface area contributed by atoms with Crippen molar-refractivity contribution in [1.29, 1.82) is 0 Å². The molecular weight excluding hydrogens is 292 g/mol. The van der Waals surface area contributed by atoms with Gasteiger partial charge in [-0.05, 0) is 47.1 Å². The van der Waals surface area contributed by atoms with Gasteiger partial charge < -0.3 is 14.1 Å². The average Bonchev–Trinajstić information content (AvgIpc) is 3.16. The molecule has 0 amide bonds. The Balaban J connectivity index is 1.86. The number of anilines is 1. The maximum Gasteiger partial charge on any atom is 0.227 e. The van der Waals surface area contributed by atoms with E-state index in [4.69, 9.17) is 9.15 Å². The van der Waals surface area contributed by atoms with Crippen molar-refractivity contribution in [2.24, 2.45) is 0 Å². The highest BCUT2D eigenvalue weighted by molar-refractivity contribution is 5.60. The molecule has 0 spiro atoms. The molecule has 0 N–H and O–H groups in total. The lowest BCUT2D eigenvalue weighted by atomic mass is 10.2. The zero-order chi connectivity index (χ0) is 16.6. The Kier molecular flexibility index (Phi) is 4.43. The third-order valence-electron chi connectivity index (χ3n) is 4.22. The van der Waals surface area contributed by atoms with Crippen LogP contribution in [0.1, 0.15) is 38.7 Å². The smallest absolute Gasteiger partial charge is 0.227 e. The summed E-state index contributed by atoms with van der Waals surface area (Å²) < 4.78 is 13.7. The first-order valence-corrected chi connectivity index (χ1v) is 8.40. The molecule has 0 bridgehead atoms. The molecule has 1 atom stereocenters. The maximum atomic E-state index is 5.94. The molecule has 1 fully saturated rings. The van der Waals surface area contributed by atoms with Gasteiger partial charge >= 0.3 is 0 Å². The molecule has 1 aliphatic rings. The Hall–Kier alpha value is -1.82. The lowest BCUT2D eigenvalue weighted by Crippen LogP contribution is -2.27. The molecule has 3 heterocycles. The summed E-state index contributed by atoms with van der Waals surface area (Å²) in [4.78, 5) is 2.27. The van der Waals surface area contributed by atoms with E-state index in [-0.39, 0.29) is 12.2 Å². The molecule has 0 unspecified atom stereocenters. The van der Waals surface area contributed by atoms with Crippen molar-refractivity contribution in [3.05, 3.63) is 17.6 Å². The van der Waals surface area contributed by atoms with Crippen LogP contribution in [-0.4, -0.2) is 40.1 Å². The molecule has 126 valence electrons. The second kappa shape index (κ2) is 6.35. The van der Waals surface area contributed by atoms with Gasteiger partial charge in [0.2, 0.25) is 5.95 Å². The van der Waals surface area contributed by atoms with Crippen LogP contribution in [0.3, 0.4) is 0 Å².